The van der Waals surface area contributed by atoms with Gasteiger partial charge in [-0.3, -0.25) is 9.10 Å². The minimum absolute atomic E-state index is 0.119. The largest absolute Gasteiger partial charge is 0.452 e. The Kier molecular flexibility index (Phi) is 6.22. The van der Waals surface area contributed by atoms with Crippen molar-refractivity contribution in [3.63, 3.8) is 0 Å². The molecule has 3 rings (SSSR count). The van der Waals surface area contributed by atoms with Gasteiger partial charge in [0.05, 0.1) is 17.5 Å². The van der Waals surface area contributed by atoms with Crippen LogP contribution in [0, 0.1) is 11.8 Å². The van der Waals surface area contributed by atoms with E-state index in [0.717, 1.165) is 18.4 Å². The fourth-order valence-corrected chi connectivity index (χ4v) is 5.75. The van der Waals surface area contributed by atoms with Gasteiger partial charge in [0.2, 0.25) is 10.0 Å². The van der Waals surface area contributed by atoms with Crippen molar-refractivity contribution in [3.8, 4) is 0 Å². The van der Waals surface area contributed by atoms with Crippen molar-refractivity contribution < 1.29 is 22.7 Å². The maximum atomic E-state index is 12.4. The van der Waals surface area contributed by atoms with Gasteiger partial charge in [0.15, 0.2) is 6.61 Å². The third-order valence-corrected chi connectivity index (χ3v) is 7.48. The number of carbonyl (C=O) groups excluding carboxylic acids is 2. The van der Waals surface area contributed by atoms with Crippen molar-refractivity contribution in [2.45, 2.75) is 58.5 Å². The van der Waals surface area contributed by atoms with Crippen LogP contribution in [0.25, 0.3) is 0 Å². The van der Waals surface area contributed by atoms with Crippen LogP contribution in [0.4, 0.5) is 5.69 Å². The molecule has 0 saturated heterocycles. The number of fused-ring (bicyclic) bond motifs is 1. The van der Waals surface area contributed by atoms with E-state index in [1.165, 1.54) is 17.0 Å². The second kappa shape index (κ2) is 8.34. The minimum atomic E-state index is -3.38. The molecule has 0 aromatic heterocycles. The Morgan fingerprint density at radius 2 is 1.93 bits per heavy atom. The Morgan fingerprint density at radius 1 is 1.21 bits per heavy atom. The average molecular weight is 423 g/mol. The Morgan fingerprint density at radius 3 is 2.62 bits per heavy atom. The monoisotopic (exact) mass is 422 g/mol. The van der Waals surface area contributed by atoms with Crippen molar-refractivity contribution in [1.29, 1.82) is 0 Å². The number of nitrogens with zero attached hydrogens (tertiary/aromatic N) is 1. The van der Waals surface area contributed by atoms with Gasteiger partial charge in [-0.15, -0.1) is 0 Å². The van der Waals surface area contributed by atoms with Gasteiger partial charge in [0.25, 0.3) is 5.91 Å². The standard InChI is InChI=1S/C21H30N2O5S/c1-13-6-5-7-18(15(13)3)22-20(24)12-28-21(25)16-8-9-19-17(11-16)10-14(2)23(19)29(4,26)27/h8-9,11,13-15,18H,5-7,10,12H2,1-4H3,(H,22,24)/t13-,14+,15-,18-/m1/s1. The van der Waals surface area contributed by atoms with Crippen LogP contribution >= 0.6 is 0 Å². The fourth-order valence-electron chi connectivity index (χ4n) is 4.48. The van der Waals surface area contributed by atoms with Gasteiger partial charge < -0.3 is 10.1 Å². The average Bonchev–Trinajstić information content (AvgIpc) is 2.98. The number of sulfonamides is 1. The normalized spacial score (nSPS) is 26.7. The maximum Gasteiger partial charge on any atom is 0.338 e. The zero-order valence-electron chi connectivity index (χ0n) is 17.5. The first-order valence-electron chi connectivity index (χ1n) is 10.2. The number of nitrogens with one attached hydrogen (secondary N) is 1. The lowest BCUT2D eigenvalue weighted by Crippen LogP contribution is -2.45. The first kappa shape index (κ1) is 21.6. The summed E-state index contributed by atoms with van der Waals surface area (Å²) in [6.45, 7) is 5.85. The van der Waals surface area contributed by atoms with Crippen LogP contribution in [-0.2, 0) is 26.0 Å². The summed E-state index contributed by atoms with van der Waals surface area (Å²) in [4.78, 5) is 24.6. The van der Waals surface area contributed by atoms with Gasteiger partial charge in [-0.25, -0.2) is 13.2 Å². The van der Waals surface area contributed by atoms with E-state index in [1.54, 1.807) is 18.2 Å². The summed E-state index contributed by atoms with van der Waals surface area (Å²) in [5.74, 6) is 0.0950. The molecule has 4 atom stereocenters. The predicted molar refractivity (Wildman–Crippen MR) is 111 cm³/mol. The third-order valence-electron chi connectivity index (χ3n) is 6.21. The van der Waals surface area contributed by atoms with Crippen molar-refractivity contribution in [3.05, 3.63) is 29.3 Å². The SMILES string of the molecule is C[C@@H]1[C@H](C)CCC[C@H]1NC(=O)COC(=O)c1ccc2c(c1)C[C@H](C)N2S(C)(=O)=O. The topological polar surface area (TPSA) is 92.8 Å². The number of anilines is 1. The number of ether oxygens (including phenoxy) is 1. The summed E-state index contributed by atoms with van der Waals surface area (Å²) in [6.07, 6.45) is 4.92. The predicted octanol–water partition coefficient (Wildman–Crippen LogP) is 2.49. The van der Waals surface area contributed by atoms with Crippen molar-refractivity contribution in [2.75, 3.05) is 17.2 Å². The Bertz CT molecular complexity index is 898. The molecule has 0 radical (unpaired) electrons. The molecule has 29 heavy (non-hydrogen) atoms. The molecule has 1 amide bonds. The van der Waals surface area contributed by atoms with E-state index in [1.807, 2.05) is 6.92 Å². The number of carbonyl (C=O) groups is 2. The molecule has 1 aromatic rings. The lowest BCUT2D eigenvalue weighted by Gasteiger charge is -2.34. The highest BCUT2D eigenvalue weighted by Crippen LogP contribution is 2.35. The Balaban J connectivity index is 1.59. The third kappa shape index (κ3) is 4.74. The van der Waals surface area contributed by atoms with Gasteiger partial charge in [-0.05, 0) is 55.4 Å². The summed E-state index contributed by atoms with van der Waals surface area (Å²) in [6, 6.07) is 4.74. The molecule has 0 unspecified atom stereocenters. The van der Waals surface area contributed by atoms with Crippen LogP contribution in [0.15, 0.2) is 18.2 Å². The smallest absolute Gasteiger partial charge is 0.338 e. The second-order valence-corrected chi connectivity index (χ2v) is 10.3. The Hall–Kier alpha value is -2.09. The fraction of sp³-hybridized carbons (Fsp3) is 0.619. The molecule has 1 aliphatic carbocycles. The number of hydrogen-bond donors (Lipinski definition) is 1. The van der Waals surface area contributed by atoms with Crippen molar-refractivity contribution in [2.24, 2.45) is 11.8 Å². The molecule has 1 fully saturated rings. The molecular formula is C21H30N2O5S. The highest BCUT2D eigenvalue weighted by atomic mass is 32.2. The van der Waals surface area contributed by atoms with Gasteiger partial charge in [0, 0.05) is 12.1 Å². The molecule has 160 valence electrons. The van der Waals surface area contributed by atoms with Gasteiger partial charge in [-0.1, -0.05) is 26.7 Å². The lowest BCUT2D eigenvalue weighted by molar-refractivity contribution is -0.125. The molecule has 2 aliphatic rings. The first-order valence-corrected chi connectivity index (χ1v) is 12.0. The zero-order chi connectivity index (χ0) is 21.3. The van der Waals surface area contributed by atoms with E-state index in [0.29, 0.717) is 29.5 Å². The number of hydrogen-bond acceptors (Lipinski definition) is 5. The van der Waals surface area contributed by atoms with Crippen molar-refractivity contribution >= 4 is 27.6 Å². The van der Waals surface area contributed by atoms with E-state index >= 15 is 0 Å². The summed E-state index contributed by atoms with van der Waals surface area (Å²) >= 11 is 0. The number of rotatable bonds is 5. The molecule has 1 N–H and O–H groups in total. The number of benzene rings is 1. The quantitative estimate of drug-likeness (QED) is 0.736. The molecule has 1 aliphatic heterocycles. The molecule has 7 nitrogen and oxygen atoms in total. The van der Waals surface area contributed by atoms with Crippen LogP contribution in [0.2, 0.25) is 0 Å². The molecular weight excluding hydrogens is 392 g/mol. The molecule has 1 heterocycles. The van der Waals surface area contributed by atoms with Crippen LogP contribution in [0.5, 0.6) is 0 Å². The van der Waals surface area contributed by atoms with E-state index in [4.69, 9.17) is 4.74 Å². The lowest BCUT2D eigenvalue weighted by atomic mass is 9.78. The summed E-state index contributed by atoms with van der Waals surface area (Å²) < 4.78 is 30.6. The van der Waals surface area contributed by atoms with Crippen molar-refractivity contribution in [1.82, 2.24) is 5.32 Å². The van der Waals surface area contributed by atoms with Gasteiger partial charge >= 0.3 is 5.97 Å². The summed E-state index contributed by atoms with van der Waals surface area (Å²) in [5, 5.41) is 2.99. The Labute approximate surface area is 172 Å². The van der Waals surface area contributed by atoms with Crippen LogP contribution in [0.1, 0.15) is 56.0 Å². The van der Waals surface area contributed by atoms with E-state index in [9.17, 15) is 18.0 Å². The molecule has 1 saturated carbocycles. The maximum absolute atomic E-state index is 12.4. The highest BCUT2D eigenvalue weighted by molar-refractivity contribution is 7.92. The summed E-state index contributed by atoms with van der Waals surface area (Å²) in [5.41, 5.74) is 1.69. The van der Waals surface area contributed by atoms with E-state index in [2.05, 4.69) is 19.2 Å². The molecule has 1 aromatic carbocycles. The van der Waals surface area contributed by atoms with E-state index in [-0.39, 0.29) is 24.6 Å². The minimum Gasteiger partial charge on any atom is -0.452 e. The van der Waals surface area contributed by atoms with E-state index < -0.39 is 16.0 Å². The van der Waals surface area contributed by atoms with Gasteiger partial charge in [0.1, 0.15) is 0 Å². The highest BCUT2D eigenvalue weighted by Gasteiger charge is 2.33. The molecule has 0 spiro atoms. The second-order valence-electron chi connectivity index (χ2n) is 8.47. The zero-order valence-corrected chi connectivity index (χ0v) is 18.3. The van der Waals surface area contributed by atoms with Crippen LogP contribution in [-0.4, -0.2) is 45.2 Å². The van der Waals surface area contributed by atoms with Crippen LogP contribution in [0.3, 0.4) is 0 Å². The van der Waals surface area contributed by atoms with Gasteiger partial charge in [-0.2, -0.15) is 0 Å². The molecule has 0 bridgehead atoms. The summed E-state index contributed by atoms with van der Waals surface area (Å²) in [7, 11) is -3.38. The van der Waals surface area contributed by atoms with Crippen LogP contribution < -0.4 is 9.62 Å². The molecule has 8 heteroatoms. The number of amides is 1. The first-order chi connectivity index (χ1) is 13.6. The number of esters is 1.